The smallest absolute Gasteiger partial charge is 0.129 e. The first-order valence-corrected chi connectivity index (χ1v) is 5.88. The molecule has 1 rings (SSSR count). The van der Waals surface area contributed by atoms with E-state index in [1.807, 2.05) is 25.6 Å². The monoisotopic (exact) mass is 202 g/mol. The molecule has 0 aliphatic carbocycles. The first-order valence-electron chi connectivity index (χ1n) is 4.72. The van der Waals surface area contributed by atoms with E-state index in [2.05, 4.69) is 10.1 Å². The van der Waals surface area contributed by atoms with Gasteiger partial charge in [-0.05, 0) is 13.8 Å². The van der Waals surface area contributed by atoms with E-state index in [1.54, 1.807) is 0 Å². The Morgan fingerprint density at radius 3 is 2.69 bits per heavy atom. The van der Waals surface area contributed by atoms with Crippen LogP contribution in [0.3, 0.4) is 0 Å². The Bertz CT molecular complexity index is 163. The first kappa shape index (κ1) is 10.9. The van der Waals surface area contributed by atoms with Crippen molar-refractivity contribution in [3.63, 3.8) is 0 Å². The maximum Gasteiger partial charge on any atom is 0.129 e. The van der Waals surface area contributed by atoms with E-state index >= 15 is 0 Å². The van der Waals surface area contributed by atoms with Crippen LogP contribution in [0, 0.1) is 0 Å². The second kappa shape index (κ2) is 6.27. The molecule has 0 aromatic carbocycles. The number of hydrogen-bond acceptors (Lipinski definition) is 4. The molecule has 0 saturated carbocycles. The Morgan fingerprint density at radius 1 is 1.38 bits per heavy atom. The summed E-state index contributed by atoms with van der Waals surface area (Å²) in [6.45, 7) is 8.01. The fourth-order valence-corrected chi connectivity index (χ4v) is 2.15. The van der Waals surface area contributed by atoms with Gasteiger partial charge < -0.3 is 4.84 Å². The summed E-state index contributed by atoms with van der Waals surface area (Å²) in [4.78, 5) is 7.56. The van der Waals surface area contributed by atoms with Gasteiger partial charge >= 0.3 is 0 Å². The summed E-state index contributed by atoms with van der Waals surface area (Å²) in [5, 5.41) is 3.89. The van der Waals surface area contributed by atoms with E-state index in [-0.39, 0.29) is 0 Å². The zero-order valence-electron chi connectivity index (χ0n) is 8.45. The van der Waals surface area contributed by atoms with Crippen LogP contribution in [0.15, 0.2) is 5.16 Å². The molecule has 1 aliphatic rings. The van der Waals surface area contributed by atoms with Crippen LogP contribution in [0.1, 0.15) is 13.8 Å². The van der Waals surface area contributed by atoms with Crippen LogP contribution < -0.4 is 0 Å². The minimum atomic E-state index is 0.718. The van der Waals surface area contributed by atoms with E-state index in [1.165, 1.54) is 24.6 Å². The maximum atomic E-state index is 5.14. The van der Waals surface area contributed by atoms with Crippen LogP contribution in [-0.4, -0.2) is 48.4 Å². The van der Waals surface area contributed by atoms with Crippen molar-refractivity contribution >= 4 is 17.5 Å². The van der Waals surface area contributed by atoms with Crippen molar-refractivity contribution in [1.82, 2.24) is 4.90 Å². The van der Waals surface area contributed by atoms with Gasteiger partial charge in [-0.15, -0.1) is 0 Å². The molecule has 76 valence electrons. The zero-order valence-corrected chi connectivity index (χ0v) is 9.27. The molecule has 0 unspecified atom stereocenters. The van der Waals surface area contributed by atoms with Gasteiger partial charge in [0.15, 0.2) is 0 Å². The molecule has 0 bridgehead atoms. The molecule has 13 heavy (non-hydrogen) atoms. The fourth-order valence-electron chi connectivity index (χ4n) is 1.17. The number of nitrogens with zero attached hydrogens (tertiary/aromatic N) is 2. The van der Waals surface area contributed by atoms with Crippen molar-refractivity contribution in [2.75, 3.05) is 37.7 Å². The Labute approximate surface area is 84.5 Å². The molecule has 1 aliphatic heterocycles. The van der Waals surface area contributed by atoms with Gasteiger partial charge in [-0.3, -0.25) is 4.90 Å². The Hall–Kier alpha value is -0.220. The van der Waals surface area contributed by atoms with E-state index in [0.717, 1.165) is 18.9 Å². The molecule has 1 saturated heterocycles. The molecular formula is C9H18N2OS. The highest BCUT2D eigenvalue weighted by molar-refractivity contribution is 7.99. The van der Waals surface area contributed by atoms with Crippen LogP contribution in [0.4, 0.5) is 0 Å². The normalized spacial score (nSPS) is 18.3. The molecular weight excluding hydrogens is 184 g/mol. The molecule has 0 N–H and O–H groups in total. The van der Waals surface area contributed by atoms with E-state index in [4.69, 9.17) is 4.84 Å². The van der Waals surface area contributed by atoms with Gasteiger partial charge in [-0.1, -0.05) is 5.16 Å². The van der Waals surface area contributed by atoms with Gasteiger partial charge in [-0.25, -0.2) is 0 Å². The molecule has 1 heterocycles. The summed E-state index contributed by atoms with van der Waals surface area (Å²) >= 11 is 2.03. The lowest BCUT2D eigenvalue weighted by Crippen LogP contribution is -2.34. The quantitative estimate of drug-likeness (QED) is 0.392. The molecule has 0 amide bonds. The molecule has 0 atom stereocenters. The number of hydrogen-bond donors (Lipinski definition) is 0. The van der Waals surface area contributed by atoms with Gasteiger partial charge in [0.2, 0.25) is 0 Å². The first-order chi connectivity index (χ1) is 6.29. The van der Waals surface area contributed by atoms with Crippen molar-refractivity contribution in [3.05, 3.63) is 0 Å². The average Bonchev–Trinajstić information content (AvgIpc) is 2.14. The summed E-state index contributed by atoms with van der Waals surface area (Å²) in [7, 11) is 0. The third-order valence-electron chi connectivity index (χ3n) is 1.85. The summed E-state index contributed by atoms with van der Waals surface area (Å²) in [6, 6.07) is 0. The molecule has 0 aromatic rings. The van der Waals surface area contributed by atoms with Gasteiger partial charge in [0.25, 0.3) is 0 Å². The molecule has 1 fully saturated rings. The molecule has 3 nitrogen and oxygen atoms in total. The van der Waals surface area contributed by atoms with E-state index < -0.39 is 0 Å². The standard InChI is InChI=1S/C9H18N2OS/c1-9(2)10-12-6-3-11-4-7-13-8-5-11/h3-8H2,1-2H3. The number of thioether (sulfide) groups is 1. The minimum Gasteiger partial charge on any atom is -0.395 e. The molecule has 0 aromatic heterocycles. The minimum absolute atomic E-state index is 0.718. The highest BCUT2D eigenvalue weighted by atomic mass is 32.2. The SMILES string of the molecule is CC(C)=NOCCN1CCSCC1. The van der Waals surface area contributed by atoms with Crippen molar-refractivity contribution in [2.24, 2.45) is 5.16 Å². The molecule has 0 spiro atoms. The van der Waals surface area contributed by atoms with E-state index in [9.17, 15) is 0 Å². The lowest BCUT2D eigenvalue weighted by Gasteiger charge is -2.25. The average molecular weight is 202 g/mol. The Morgan fingerprint density at radius 2 is 2.08 bits per heavy atom. The van der Waals surface area contributed by atoms with Crippen LogP contribution >= 0.6 is 11.8 Å². The number of rotatable bonds is 4. The van der Waals surface area contributed by atoms with Crippen LogP contribution in [0.2, 0.25) is 0 Å². The van der Waals surface area contributed by atoms with Crippen molar-refractivity contribution in [1.29, 1.82) is 0 Å². The largest absolute Gasteiger partial charge is 0.395 e. The molecule has 0 radical (unpaired) electrons. The zero-order chi connectivity index (χ0) is 9.52. The third kappa shape index (κ3) is 5.16. The predicted octanol–water partition coefficient (Wildman–Crippen LogP) is 1.45. The van der Waals surface area contributed by atoms with Crippen molar-refractivity contribution < 1.29 is 4.84 Å². The fraction of sp³-hybridized carbons (Fsp3) is 0.889. The lowest BCUT2D eigenvalue weighted by molar-refractivity contribution is 0.114. The van der Waals surface area contributed by atoms with Gasteiger partial charge in [0, 0.05) is 31.1 Å². The highest BCUT2D eigenvalue weighted by Crippen LogP contribution is 2.08. The van der Waals surface area contributed by atoms with Gasteiger partial charge in [0.1, 0.15) is 6.61 Å². The van der Waals surface area contributed by atoms with Gasteiger partial charge in [0.05, 0.1) is 5.71 Å². The van der Waals surface area contributed by atoms with Crippen LogP contribution in [0.5, 0.6) is 0 Å². The van der Waals surface area contributed by atoms with Crippen LogP contribution in [-0.2, 0) is 4.84 Å². The predicted molar refractivity (Wildman–Crippen MR) is 58.5 cm³/mol. The van der Waals surface area contributed by atoms with Crippen molar-refractivity contribution in [2.45, 2.75) is 13.8 Å². The summed E-state index contributed by atoms with van der Waals surface area (Å²) < 4.78 is 0. The topological polar surface area (TPSA) is 24.8 Å². The van der Waals surface area contributed by atoms with E-state index in [0.29, 0.717) is 0 Å². The number of oxime groups is 1. The second-order valence-electron chi connectivity index (χ2n) is 3.33. The van der Waals surface area contributed by atoms with Gasteiger partial charge in [-0.2, -0.15) is 11.8 Å². The van der Waals surface area contributed by atoms with Crippen molar-refractivity contribution in [3.8, 4) is 0 Å². The summed E-state index contributed by atoms with van der Waals surface area (Å²) in [6.07, 6.45) is 0. The Kier molecular flexibility index (Phi) is 5.23. The second-order valence-corrected chi connectivity index (χ2v) is 4.55. The molecule has 4 heteroatoms. The van der Waals surface area contributed by atoms with Crippen LogP contribution in [0.25, 0.3) is 0 Å². The maximum absolute atomic E-state index is 5.14. The summed E-state index contributed by atoms with van der Waals surface area (Å²) in [5.74, 6) is 2.52. The summed E-state index contributed by atoms with van der Waals surface area (Å²) in [5.41, 5.74) is 0.981. The lowest BCUT2D eigenvalue weighted by atomic mass is 10.5. The highest BCUT2D eigenvalue weighted by Gasteiger charge is 2.09. The Balaban J connectivity index is 2.01. The third-order valence-corrected chi connectivity index (χ3v) is 2.79.